The molecule has 0 saturated carbocycles. The molecular formula is C19H20FN5O4. The van der Waals surface area contributed by atoms with Crippen molar-refractivity contribution in [3.63, 3.8) is 0 Å². The SMILES string of the molecule is O=C(CNC(=O)c1cccc(F)c1)OCC(=O)N1CCN(c2ncccn2)CC1. The smallest absolute Gasteiger partial charge is 0.325 e. The maximum Gasteiger partial charge on any atom is 0.325 e. The minimum atomic E-state index is -0.751. The molecule has 9 nitrogen and oxygen atoms in total. The van der Waals surface area contributed by atoms with Crippen LogP contribution in [0.25, 0.3) is 0 Å². The van der Waals surface area contributed by atoms with Gasteiger partial charge in [-0.05, 0) is 24.3 Å². The van der Waals surface area contributed by atoms with Gasteiger partial charge in [0.15, 0.2) is 6.61 Å². The van der Waals surface area contributed by atoms with Gasteiger partial charge < -0.3 is 19.9 Å². The highest BCUT2D eigenvalue weighted by atomic mass is 19.1. The molecule has 1 aliphatic rings. The molecule has 1 aromatic heterocycles. The number of aromatic nitrogens is 2. The van der Waals surface area contributed by atoms with Gasteiger partial charge in [-0.2, -0.15) is 0 Å². The lowest BCUT2D eigenvalue weighted by atomic mass is 10.2. The van der Waals surface area contributed by atoms with Crippen molar-refractivity contribution in [3.8, 4) is 0 Å². The highest BCUT2D eigenvalue weighted by molar-refractivity contribution is 5.96. The van der Waals surface area contributed by atoms with E-state index in [1.165, 1.54) is 18.2 Å². The average Bonchev–Trinajstić information content (AvgIpc) is 2.76. The third kappa shape index (κ3) is 5.71. The highest BCUT2D eigenvalue weighted by Gasteiger charge is 2.23. The van der Waals surface area contributed by atoms with Crippen LogP contribution < -0.4 is 10.2 Å². The molecule has 1 saturated heterocycles. The molecule has 0 radical (unpaired) electrons. The van der Waals surface area contributed by atoms with E-state index in [9.17, 15) is 18.8 Å². The van der Waals surface area contributed by atoms with Crippen molar-refractivity contribution < 1.29 is 23.5 Å². The number of halogens is 1. The molecule has 0 spiro atoms. The number of hydrogen-bond donors (Lipinski definition) is 1. The normalized spacial score (nSPS) is 13.7. The summed E-state index contributed by atoms with van der Waals surface area (Å²) in [7, 11) is 0. The van der Waals surface area contributed by atoms with Gasteiger partial charge >= 0.3 is 5.97 Å². The number of piperazine rings is 1. The Labute approximate surface area is 166 Å². The van der Waals surface area contributed by atoms with Crippen LogP contribution in [0.3, 0.4) is 0 Å². The van der Waals surface area contributed by atoms with E-state index >= 15 is 0 Å². The van der Waals surface area contributed by atoms with Crippen molar-refractivity contribution in [3.05, 3.63) is 54.1 Å². The van der Waals surface area contributed by atoms with Crippen LogP contribution in [0.2, 0.25) is 0 Å². The minimum absolute atomic E-state index is 0.0918. The molecule has 1 fully saturated rings. The Kier molecular flexibility index (Phi) is 6.67. The van der Waals surface area contributed by atoms with E-state index in [-0.39, 0.29) is 11.5 Å². The maximum atomic E-state index is 13.1. The molecular weight excluding hydrogens is 381 g/mol. The Bertz CT molecular complexity index is 872. The van der Waals surface area contributed by atoms with Crippen molar-refractivity contribution in [2.45, 2.75) is 0 Å². The van der Waals surface area contributed by atoms with Gasteiger partial charge in [-0.3, -0.25) is 14.4 Å². The first-order chi connectivity index (χ1) is 14.0. The number of carbonyl (C=O) groups excluding carboxylic acids is 3. The van der Waals surface area contributed by atoms with Crippen LogP contribution in [-0.2, 0) is 14.3 Å². The zero-order chi connectivity index (χ0) is 20.6. The van der Waals surface area contributed by atoms with E-state index < -0.39 is 30.8 Å². The van der Waals surface area contributed by atoms with Gasteiger partial charge in [-0.1, -0.05) is 6.07 Å². The Morgan fingerprint density at radius 3 is 2.48 bits per heavy atom. The Balaban J connectivity index is 1.37. The molecule has 2 amide bonds. The number of carbonyl (C=O) groups is 3. The standard InChI is InChI=1S/C19H20FN5O4/c20-15-4-1-3-14(11-15)18(28)23-12-17(27)29-13-16(26)24-7-9-25(10-8-24)19-21-5-2-6-22-19/h1-6,11H,7-10,12-13H2,(H,23,28). The van der Waals surface area contributed by atoms with Gasteiger partial charge in [0, 0.05) is 44.1 Å². The molecule has 0 atom stereocenters. The van der Waals surface area contributed by atoms with Crippen LogP contribution in [0.4, 0.5) is 10.3 Å². The van der Waals surface area contributed by atoms with Crippen LogP contribution in [0.5, 0.6) is 0 Å². The number of esters is 1. The molecule has 0 aliphatic carbocycles. The number of nitrogens with zero attached hydrogens (tertiary/aromatic N) is 4. The van der Waals surface area contributed by atoms with Gasteiger partial charge in [0.25, 0.3) is 11.8 Å². The van der Waals surface area contributed by atoms with Crippen LogP contribution in [0.1, 0.15) is 10.4 Å². The zero-order valence-corrected chi connectivity index (χ0v) is 15.6. The summed E-state index contributed by atoms with van der Waals surface area (Å²) in [4.78, 5) is 47.8. The second-order valence-corrected chi connectivity index (χ2v) is 6.27. The van der Waals surface area contributed by atoms with Crippen LogP contribution in [0, 0.1) is 5.82 Å². The number of ether oxygens (including phenoxy) is 1. The summed E-state index contributed by atoms with van der Waals surface area (Å²) >= 11 is 0. The largest absolute Gasteiger partial charge is 0.454 e. The van der Waals surface area contributed by atoms with Gasteiger partial charge in [0.1, 0.15) is 12.4 Å². The predicted molar refractivity (Wildman–Crippen MR) is 101 cm³/mol. The summed E-state index contributed by atoms with van der Waals surface area (Å²) in [6.45, 7) is 1.26. The van der Waals surface area contributed by atoms with E-state index in [0.717, 1.165) is 6.07 Å². The van der Waals surface area contributed by atoms with Gasteiger partial charge in [0.05, 0.1) is 0 Å². The van der Waals surface area contributed by atoms with Crippen LogP contribution >= 0.6 is 0 Å². The number of hydrogen-bond acceptors (Lipinski definition) is 7. The van der Waals surface area contributed by atoms with Crippen LogP contribution in [-0.4, -0.2) is 72.0 Å². The first-order valence-corrected chi connectivity index (χ1v) is 9.02. The lowest BCUT2D eigenvalue weighted by Crippen LogP contribution is -2.50. The predicted octanol–water partition coefficient (Wildman–Crippen LogP) is 0.237. The molecule has 29 heavy (non-hydrogen) atoms. The average molecular weight is 401 g/mol. The molecule has 152 valence electrons. The molecule has 10 heteroatoms. The Morgan fingerprint density at radius 2 is 1.79 bits per heavy atom. The van der Waals surface area contributed by atoms with E-state index in [4.69, 9.17) is 4.74 Å². The third-order valence-corrected chi connectivity index (χ3v) is 4.30. The summed E-state index contributed by atoms with van der Waals surface area (Å²) < 4.78 is 18.0. The quantitative estimate of drug-likeness (QED) is 0.691. The zero-order valence-electron chi connectivity index (χ0n) is 15.6. The van der Waals surface area contributed by atoms with Crippen molar-refractivity contribution in [2.24, 2.45) is 0 Å². The number of rotatable bonds is 6. The lowest BCUT2D eigenvalue weighted by Gasteiger charge is -2.34. The molecule has 1 aromatic carbocycles. The Hall–Kier alpha value is -3.56. The molecule has 2 heterocycles. The van der Waals surface area contributed by atoms with Crippen molar-refractivity contribution in [2.75, 3.05) is 44.2 Å². The van der Waals surface area contributed by atoms with Gasteiger partial charge in [-0.25, -0.2) is 14.4 Å². The third-order valence-electron chi connectivity index (χ3n) is 4.30. The fourth-order valence-corrected chi connectivity index (χ4v) is 2.78. The summed E-state index contributed by atoms with van der Waals surface area (Å²) in [6.07, 6.45) is 3.32. The van der Waals surface area contributed by atoms with E-state index in [2.05, 4.69) is 15.3 Å². The summed E-state index contributed by atoms with van der Waals surface area (Å²) in [5.74, 6) is -1.61. The van der Waals surface area contributed by atoms with Gasteiger partial charge in [-0.15, -0.1) is 0 Å². The number of amides is 2. The minimum Gasteiger partial charge on any atom is -0.454 e. The fourth-order valence-electron chi connectivity index (χ4n) is 2.78. The second-order valence-electron chi connectivity index (χ2n) is 6.27. The first-order valence-electron chi connectivity index (χ1n) is 9.02. The maximum absolute atomic E-state index is 13.1. The summed E-state index contributed by atoms with van der Waals surface area (Å²) in [5.41, 5.74) is 0.0918. The topological polar surface area (TPSA) is 105 Å². The number of benzene rings is 1. The molecule has 3 rings (SSSR count). The summed E-state index contributed by atoms with van der Waals surface area (Å²) in [6, 6.07) is 6.82. The number of nitrogens with one attached hydrogen (secondary N) is 1. The van der Waals surface area contributed by atoms with Gasteiger partial charge in [0.2, 0.25) is 5.95 Å². The van der Waals surface area contributed by atoms with Crippen LogP contribution in [0.15, 0.2) is 42.7 Å². The van der Waals surface area contributed by atoms with Crippen molar-refractivity contribution >= 4 is 23.7 Å². The van der Waals surface area contributed by atoms with Crippen molar-refractivity contribution in [1.29, 1.82) is 0 Å². The molecule has 0 unspecified atom stereocenters. The molecule has 0 bridgehead atoms. The summed E-state index contributed by atoms with van der Waals surface area (Å²) in [5, 5.41) is 2.33. The van der Waals surface area contributed by atoms with E-state index in [1.54, 1.807) is 23.4 Å². The van der Waals surface area contributed by atoms with E-state index in [1.807, 2.05) is 4.90 Å². The monoisotopic (exact) mass is 401 g/mol. The molecule has 1 N–H and O–H groups in total. The lowest BCUT2D eigenvalue weighted by molar-refractivity contribution is -0.151. The molecule has 1 aliphatic heterocycles. The molecule has 2 aromatic rings. The van der Waals surface area contributed by atoms with Crippen molar-refractivity contribution in [1.82, 2.24) is 20.2 Å². The highest BCUT2D eigenvalue weighted by Crippen LogP contribution is 2.09. The first kappa shape index (κ1) is 20.2. The van der Waals surface area contributed by atoms with E-state index in [0.29, 0.717) is 32.1 Å². The Morgan fingerprint density at radius 1 is 1.07 bits per heavy atom. The number of anilines is 1. The fraction of sp³-hybridized carbons (Fsp3) is 0.316. The second kappa shape index (κ2) is 9.58.